The third-order valence-electron chi connectivity index (χ3n) is 4.83. The van der Waals surface area contributed by atoms with Crippen molar-refractivity contribution in [1.82, 2.24) is 0 Å². The van der Waals surface area contributed by atoms with Crippen LogP contribution in [-0.2, 0) is 6.18 Å². The number of anilines is 1. The van der Waals surface area contributed by atoms with Crippen LogP contribution in [0.5, 0.6) is 0 Å². The Morgan fingerprint density at radius 2 is 1.67 bits per heavy atom. The van der Waals surface area contributed by atoms with Crippen molar-refractivity contribution in [3.8, 4) is 0 Å². The standard InChI is InChI=1S/C20H28F3N/c1-12-11-17(20(21,22)23)9-10-18(12)24-16(5)14(3)13(2)15(4)19(6,7)8/h9-11,15,24H,5H2,1-4,6-8H3/b14-13+. The lowest BCUT2D eigenvalue weighted by Crippen LogP contribution is -2.19. The zero-order chi connectivity index (χ0) is 18.9. The molecule has 1 N–H and O–H groups in total. The highest BCUT2D eigenvalue weighted by Gasteiger charge is 2.30. The van der Waals surface area contributed by atoms with Crippen molar-refractivity contribution in [3.63, 3.8) is 0 Å². The van der Waals surface area contributed by atoms with Crippen LogP contribution in [0.25, 0.3) is 0 Å². The molecule has 0 fully saturated rings. The van der Waals surface area contributed by atoms with Gasteiger partial charge in [0.2, 0.25) is 0 Å². The zero-order valence-corrected chi connectivity index (χ0v) is 15.7. The molecule has 0 saturated heterocycles. The van der Waals surface area contributed by atoms with Gasteiger partial charge in [0, 0.05) is 11.4 Å². The van der Waals surface area contributed by atoms with E-state index >= 15 is 0 Å². The lowest BCUT2D eigenvalue weighted by atomic mass is 9.76. The highest BCUT2D eigenvalue weighted by atomic mass is 19.4. The van der Waals surface area contributed by atoms with Crippen molar-refractivity contribution >= 4 is 5.69 Å². The molecular formula is C20H28F3N. The van der Waals surface area contributed by atoms with Gasteiger partial charge in [-0.1, -0.05) is 39.8 Å². The van der Waals surface area contributed by atoms with E-state index in [1.54, 1.807) is 6.92 Å². The second-order valence-electron chi connectivity index (χ2n) is 7.53. The number of halogens is 3. The van der Waals surface area contributed by atoms with Crippen molar-refractivity contribution in [2.24, 2.45) is 11.3 Å². The maximum absolute atomic E-state index is 12.8. The molecule has 0 saturated carbocycles. The molecule has 0 heterocycles. The zero-order valence-electron chi connectivity index (χ0n) is 15.7. The van der Waals surface area contributed by atoms with E-state index in [1.165, 1.54) is 11.6 Å². The molecule has 134 valence electrons. The van der Waals surface area contributed by atoms with Crippen molar-refractivity contribution in [1.29, 1.82) is 0 Å². The van der Waals surface area contributed by atoms with Crippen LogP contribution in [0.1, 0.15) is 52.7 Å². The topological polar surface area (TPSA) is 12.0 Å². The molecule has 0 spiro atoms. The molecule has 0 radical (unpaired) electrons. The SMILES string of the molecule is C=C(Nc1ccc(C(F)(F)F)cc1C)/C(C)=C(\C)C(C)C(C)(C)C. The summed E-state index contributed by atoms with van der Waals surface area (Å²) in [6.07, 6.45) is -4.32. The Morgan fingerprint density at radius 1 is 1.12 bits per heavy atom. The average molecular weight is 339 g/mol. The second kappa shape index (κ2) is 7.04. The maximum atomic E-state index is 12.8. The van der Waals surface area contributed by atoms with Crippen molar-refractivity contribution in [2.45, 2.75) is 54.6 Å². The molecule has 0 aliphatic heterocycles. The minimum absolute atomic E-state index is 0.135. The van der Waals surface area contributed by atoms with Crippen molar-refractivity contribution in [3.05, 3.63) is 52.7 Å². The van der Waals surface area contributed by atoms with E-state index in [-0.39, 0.29) is 5.41 Å². The summed E-state index contributed by atoms with van der Waals surface area (Å²) in [4.78, 5) is 0. The fourth-order valence-corrected chi connectivity index (χ4v) is 2.45. The monoisotopic (exact) mass is 339 g/mol. The van der Waals surface area contributed by atoms with E-state index in [2.05, 4.69) is 46.5 Å². The third-order valence-corrected chi connectivity index (χ3v) is 4.83. The Kier molecular flexibility index (Phi) is 5.96. The summed E-state index contributed by atoms with van der Waals surface area (Å²) in [6.45, 7) is 18.5. The molecule has 1 rings (SSSR count). The van der Waals surface area contributed by atoms with Gasteiger partial charge in [0.1, 0.15) is 0 Å². The lowest BCUT2D eigenvalue weighted by Gasteiger charge is -2.30. The molecule has 24 heavy (non-hydrogen) atoms. The van der Waals surface area contributed by atoms with E-state index < -0.39 is 11.7 Å². The molecule has 0 aliphatic rings. The van der Waals surface area contributed by atoms with Gasteiger partial charge in [-0.2, -0.15) is 13.2 Å². The van der Waals surface area contributed by atoms with Crippen LogP contribution in [0, 0.1) is 18.3 Å². The summed E-state index contributed by atoms with van der Waals surface area (Å²) >= 11 is 0. The van der Waals surface area contributed by atoms with Crippen LogP contribution >= 0.6 is 0 Å². The fraction of sp³-hybridized carbons (Fsp3) is 0.500. The minimum Gasteiger partial charge on any atom is -0.356 e. The number of hydrogen-bond donors (Lipinski definition) is 1. The Hall–Kier alpha value is -1.71. The molecule has 0 aliphatic carbocycles. The summed E-state index contributed by atoms with van der Waals surface area (Å²) < 4.78 is 38.3. The number of benzene rings is 1. The second-order valence-corrected chi connectivity index (χ2v) is 7.53. The Labute approximate surface area is 143 Å². The molecule has 0 amide bonds. The molecular weight excluding hydrogens is 311 g/mol. The van der Waals surface area contributed by atoms with Crippen LogP contribution < -0.4 is 5.32 Å². The Balaban J connectivity index is 3.04. The maximum Gasteiger partial charge on any atom is 0.416 e. The Bertz CT molecular complexity index is 646. The summed E-state index contributed by atoms with van der Waals surface area (Å²) in [5.74, 6) is 0.366. The van der Waals surface area contributed by atoms with Gasteiger partial charge in [-0.05, 0) is 61.4 Å². The number of nitrogens with one attached hydrogen (secondary N) is 1. The minimum atomic E-state index is -4.32. The van der Waals surface area contributed by atoms with E-state index in [0.717, 1.165) is 17.7 Å². The van der Waals surface area contributed by atoms with E-state index in [9.17, 15) is 13.2 Å². The van der Waals surface area contributed by atoms with Gasteiger partial charge in [-0.15, -0.1) is 0 Å². The van der Waals surface area contributed by atoms with Gasteiger partial charge < -0.3 is 5.32 Å². The van der Waals surface area contributed by atoms with E-state index in [1.807, 2.05) is 6.92 Å². The normalized spacial score (nSPS) is 14.9. The molecule has 0 bridgehead atoms. The molecule has 1 unspecified atom stereocenters. The summed E-state index contributed by atoms with van der Waals surface area (Å²) in [5, 5.41) is 3.16. The first-order valence-electron chi connectivity index (χ1n) is 8.06. The van der Waals surface area contributed by atoms with Gasteiger partial charge in [0.25, 0.3) is 0 Å². The van der Waals surface area contributed by atoms with E-state index in [0.29, 0.717) is 22.9 Å². The van der Waals surface area contributed by atoms with Gasteiger partial charge in [-0.25, -0.2) is 0 Å². The smallest absolute Gasteiger partial charge is 0.356 e. The highest BCUT2D eigenvalue weighted by Crippen LogP contribution is 2.35. The number of rotatable bonds is 4. The molecule has 1 nitrogen and oxygen atoms in total. The fourth-order valence-electron chi connectivity index (χ4n) is 2.45. The van der Waals surface area contributed by atoms with Crippen LogP contribution in [0.4, 0.5) is 18.9 Å². The molecule has 1 atom stereocenters. The molecule has 0 aromatic heterocycles. The highest BCUT2D eigenvalue weighted by molar-refractivity contribution is 5.58. The summed E-state index contributed by atoms with van der Waals surface area (Å²) in [5.41, 5.74) is 3.66. The van der Waals surface area contributed by atoms with Gasteiger partial charge >= 0.3 is 6.18 Å². The summed E-state index contributed by atoms with van der Waals surface area (Å²) in [7, 11) is 0. The number of hydrogen-bond acceptors (Lipinski definition) is 1. The third kappa shape index (κ3) is 4.89. The van der Waals surface area contributed by atoms with Gasteiger partial charge in [0.15, 0.2) is 0 Å². The molecule has 1 aromatic rings. The number of aryl methyl sites for hydroxylation is 1. The average Bonchev–Trinajstić information content (AvgIpc) is 2.44. The quantitative estimate of drug-likeness (QED) is 0.585. The first-order valence-corrected chi connectivity index (χ1v) is 8.06. The predicted molar refractivity (Wildman–Crippen MR) is 95.9 cm³/mol. The molecule has 1 aromatic carbocycles. The van der Waals surface area contributed by atoms with E-state index in [4.69, 9.17) is 0 Å². The lowest BCUT2D eigenvalue weighted by molar-refractivity contribution is -0.137. The van der Waals surface area contributed by atoms with Crippen LogP contribution in [0.3, 0.4) is 0 Å². The number of alkyl halides is 3. The predicted octanol–water partition coefficient (Wildman–Crippen LogP) is 6.96. The molecule has 4 heteroatoms. The van der Waals surface area contributed by atoms with Gasteiger partial charge in [0.05, 0.1) is 5.56 Å². The van der Waals surface area contributed by atoms with Crippen molar-refractivity contribution in [2.75, 3.05) is 5.32 Å². The van der Waals surface area contributed by atoms with Crippen molar-refractivity contribution < 1.29 is 13.2 Å². The Morgan fingerprint density at radius 3 is 2.08 bits per heavy atom. The van der Waals surface area contributed by atoms with Crippen LogP contribution in [0.15, 0.2) is 41.6 Å². The van der Waals surface area contributed by atoms with Gasteiger partial charge in [-0.3, -0.25) is 0 Å². The first kappa shape index (κ1) is 20.3. The van der Waals surface area contributed by atoms with Crippen LogP contribution in [-0.4, -0.2) is 0 Å². The number of allylic oxidation sites excluding steroid dienone is 2. The van der Waals surface area contributed by atoms with Crippen LogP contribution in [0.2, 0.25) is 0 Å². The first-order chi connectivity index (χ1) is 10.7. The largest absolute Gasteiger partial charge is 0.416 e. The summed E-state index contributed by atoms with van der Waals surface area (Å²) in [6, 6.07) is 3.70.